The van der Waals surface area contributed by atoms with Crippen LogP contribution in [0.2, 0.25) is 0 Å². The van der Waals surface area contributed by atoms with Gasteiger partial charge in [-0.15, -0.1) is 0 Å². The fourth-order valence-electron chi connectivity index (χ4n) is 4.13. The van der Waals surface area contributed by atoms with Gasteiger partial charge >= 0.3 is 0 Å². The monoisotopic (exact) mass is 259 g/mol. The zero-order valence-electron chi connectivity index (χ0n) is 12.7. The average Bonchev–Trinajstić information content (AvgIpc) is 3.01. The number of rotatable bonds is 3. The summed E-state index contributed by atoms with van der Waals surface area (Å²) in [6.07, 6.45) is 5.72. The number of allylic oxidation sites excluding steroid dienone is 1. The maximum Gasteiger partial charge on any atom is 0.0583 e. The molecule has 1 heterocycles. The molecule has 0 atom stereocenters. The first kappa shape index (κ1) is 12.8. The molecule has 0 spiro atoms. The van der Waals surface area contributed by atoms with Crippen molar-refractivity contribution in [2.24, 2.45) is 10.8 Å². The van der Waals surface area contributed by atoms with E-state index >= 15 is 0 Å². The van der Waals surface area contributed by atoms with Gasteiger partial charge in [0.1, 0.15) is 0 Å². The molecule has 3 heteroatoms. The Hall–Kier alpha value is -1.25. The number of hydrogen-bond acceptors (Lipinski definition) is 2. The van der Waals surface area contributed by atoms with Gasteiger partial charge in [0.15, 0.2) is 0 Å². The summed E-state index contributed by atoms with van der Waals surface area (Å²) in [6, 6.07) is 0.539. The highest BCUT2D eigenvalue weighted by Crippen LogP contribution is 2.54. The molecule has 0 amide bonds. The van der Waals surface area contributed by atoms with Gasteiger partial charge in [0.2, 0.25) is 0 Å². The maximum atomic E-state index is 4.18. The van der Waals surface area contributed by atoms with Gasteiger partial charge in [-0.1, -0.05) is 27.7 Å². The summed E-state index contributed by atoms with van der Waals surface area (Å²) < 4.78 is 0. The minimum absolute atomic E-state index is 0.377. The lowest BCUT2D eigenvalue weighted by atomic mass is 9.52. The largest absolute Gasteiger partial charge is 0.381 e. The van der Waals surface area contributed by atoms with Crippen molar-refractivity contribution in [1.82, 2.24) is 15.5 Å². The van der Waals surface area contributed by atoms with Crippen LogP contribution in [0.5, 0.6) is 0 Å². The van der Waals surface area contributed by atoms with E-state index in [1.165, 1.54) is 30.5 Å². The van der Waals surface area contributed by atoms with Gasteiger partial charge in [0.25, 0.3) is 0 Å². The van der Waals surface area contributed by atoms with Crippen LogP contribution in [0, 0.1) is 17.8 Å². The van der Waals surface area contributed by atoms with Crippen LogP contribution < -0.4 is 5.32 Å². The van der Waals surface area contributed by atoms with Crippen molar-refractivity contribution in [3.05, 3.63) is 23.0 Å². The number of H-pyrrole nitrogens is 1. The SMILES string of the molecule is Cc1[nH]ncc1C(NC1C(C)(C)CC1(C)C)=C1CC1. The second-order valence-corrected chi connectivity index (χ2v) is 7.62. The number of nitrogens with zero attached hydrogens (tertiary/aromatic N) is 1. The Labute approximate surface area is 115 Å². The normalized spacial score (nSPS) is 23.9. The minimum Gasteiger partial charge on any atom is -0.381 e. The lowest BCUT2D eigenvalue weighted by Crippen LogP contribution is -2.61. The van der Waals surface area contributed by atoms with Gasteiger partial charge in [-0.3, -0.25) is 5.10 Å². The lowest BCUT2D eigenvalue weighted by Gasteiger charge is -2.58. The van der Waals surface area contributed by atoms with Gasteiger partial charge in [0, 0.05) is 23.0 Å². The molecule has 1 aromatic rings. The van der Waals surface area contributed by atoms with E-state index in [1.54, 1.807) is 5.57 Å². The molecule has 19 heavy (non-hydrogen) atoms. The highest BCUT2D eigenvalue weighted by atomic mass is 15.1. The van der Waals surface area contributed by atoms with E-state index in [2.05, 4.69) is 50.1 Å². The van der Waals surface area contributed by atoms with Gasteiger partial charge in [-0.05, 0) is 42.6 Å². The Balaban J connectivity index is 1.89. The van der Waals surface area contributed by atoms with Crippen LogP contribution in [-0.2, 0) is 0 Å². The molecule has 3 nitrogen and oxygen atoms in total. The number of aromatic nitrogens is 2. The zero-order valence-corrected chi connectivity index (χ0v) is 12.7. The Morgan fingerprint density at radius 1 is 1.26 bits per heavy atom. The molecule has 104 valence electrons. The molecule has 2 saturated carbocycles. The molecule has 2 aliphatic rings. The molecule has 2 N–H and O–H groups in total. The Kier molecular flexibility index (Phi) is 2.60. The number of nitrogens with one attached hydrogen (secondary N) is 2. The molecule has 0 radical (unpaired) electrons. The second kappa shape index (κ2) is 3.87. The second-order valence-electron chi connectivity index (χ2n) is 7.62. The first-order valence-electron chi connectivity index (χ1n) is 7.30. The van der Waals surface area contributed by atoms with Crippen LogP contribution >= 0.6 is 0 Å². The maximum absolute atomic E-state index is 4.18. The fourth-order valence-corrected chi connectivity index (χ4v) is 4.13. The summed E-state index contributed by atoms with van der Waals surface area (Å²) in [5.74, 6) is 0. The van der Waals surface area contributed by atoms with Crippen LogP contribution in [0.25, 0.3) is 5.70 Å². The van der Waals surface area contributed by atoms with Crippen molar-refractivity contribution in [2.75, 3.05) is 0 Å². The van der Waals surface area contributed by atoms with Crippen LogP contribution in [0.1, 0.15) is 58.2 Å². The van der Waals surface area contributed by atoms with E-state index in [9.17, 15) is 0 Å². The predicted molar refractivity (Wildman–Crippen MR) is 78.6 cm³/mol. The third kappa shape index (κ3) is 2.09. The molecule has 0 saturated heterocycles. The number of hydrogen-bond donors (Lipinski definition) is 2. The highest BCUT2D eigenvalue weighted by Gasteiger charge is 2.53. The molecule has 0 aromatic carbocycles. The first-order valence-corrected chi connectivity index (χ1v) is 7.30. The van der Waals surface area contributed by atoms with Crippen molar-refractivity contribution in [2.45, 2.75) is 59.9 Å². The highest BCUT2D eigenvalue weighted by molar-refractivity contribution is 5.71. The Bertz CT molecular complexity index is 514. The van der Waals surface area contributed by atoms with Gasteiger partial charge in [-0.2, -0.15) is 5.10 Å². The quantitative estimate of drug-likeness (QED) is 0.870. The molecule has 0 aliphatic heterocycles. The van der Waals surface area contributed by atoms with Crippen molar-refractivity contribution in [3.63, 3.8) is 0 Å². The molecular formula is C16H25N3. The van der Waals surface area contributed by atoms with Gasteiger partial charge in [0.05, 0.1) is 6.20 Å². The fraction of sp³-hybridized carbons (Fsp3) is 0.688. The molecule has 2 fully saturated rings. The minimum atomic E-state index is 0.377. The first-order chi connectivity index (χ1) is 8.81. The van der Waals surface area contributed by atoms with Crippen molar-refractivity contribution >= 4 is 5.70 Å². The smallest absolute Gasteiger partial charge is 0.0583 e. The molecule has 0 unspecified atom stereocenters. The van der Waals surface area contributed by atoms with Crippen LogP contribution in [0.3, 0.4) is 0 Å². The van der Waals surface area contributed by atoms with E-state index in [0.717, 1.165) is 5.69 Å². The zero-order chi connectivity index (χ0) is 13.8. The standard InChI is InChI=1S/C16H25N3/c1-10-12(8-17-19-10)13(11-6-7-11)18-14-15(2,3)9-16(14,4)5/h8,14,18H,6-7,9H2,1-5H3,(H,17,19). The van der Waals surface area contributed by atoms with E-state index in [-0.39, 0.29) is 0 Å². The number of aryl methyl sites for hydroxylation is 1. The molecular weight excluding hydrogens is 234 g/mol. The summed E-state index contributed by atoms with van der Waals surface area (Å²) in [4.78, 5) is 0. The Morgan fingerprint density at radius 2 is 1.89 bits per heavy atom. The van der Waals surface area contributed by atoms with Crippen molar-refractivity contribution in [1.29, 1.82) is 0 Å². The van der Waals surface area contributed by atoms with Gasteiger partial charge in [-0.25, -0.2) is 0 Å². The summed E-state index contributed by atoms with van der Waals surface area (Å²) in [5, 5.41) is 11.1. The number of aromatic amines is 1. The van der Waals surface area contributed by atoms with Crippen LogP contribution in [0.15, 0.2) is 11.8 Å². The third-order valence-corrected chi connectivity index (χ3v) is 4.72. The van der Waals surface area contributed by atoms with Crippen molar-refractivity contribution < 1.29 is 0 Å². The summed E-state index contributed by atoms with van der Waals surface area (Å²) in [7, 11) is 0. The van der Waals surface area contributed by atoms with Crippen LogP contribution in [-0.4, -0.2) is 16.2 Å². The molecule has 1 aromatic heterocycles. The predicted octanol–water partition coefficient (Wildman–Crippen LogP) is 3.64. The van der Waals surface area contributed by atoms with Crippen molar-refractivity contribution in [3.8, 4) is 0 Å². The van der Waals surface area contributed by atoms with Gasteiger partial charge < -0.3 is 5.32 Å². The molecule has 0 bridgehead atoms. The lowest BCUT2D eigenvalue weighted by molar-refractivity contribution is -0.0313. The topological polar surface area (TPSA) is 40.7 Å². The van der Waals surface area contributed by atoms with E-state index < -0.39 is 0 Å². The summed E-state index contributed by atoms with van der Waals surface area (Å²) in [5.41, 5.74) is 6.08. The van der Waals surface area contributed by atoms with Crippen LogP contribution in [0.4, 0.5) is 0 Å². The average molecular weight is 259 g/mol. The Morgan fingerprint density at radius 3 is 2.32 bits per heavy atom. The van der Waals surface area contributed by atoms with E-state index in [4.69, 9.17) is 0 Å². The third-order valence-electron chi connectivity index (χ3n) is 4.72. The summed E-state index contributed by atoms with van der Waals surface area (Å²) in [6.45, 7) is 11.6. The van der Waals surface area contributed by atoms with E-state index in [0.29, 0.717) is 16.9 Å². The summed E-state index contributed by atoms with van der Waals surface area (Å²) >= 11 is 0. The van der Waals surface area contributed by atoms with E-state index in [1.807, 2.05) is 6.20 Å². The molecule has 2 aliphatic carbocycles. The molecule has 3 rings (SSSR count).